The first kappa shape index (κ1) is 12.6. The van der Waals surface area contributed by atoms with E-state index >= 15 is 0 Å². The molecule has 0 atom stereocenters. The molecule has 0 aromatic carbocycles. The maximum Gasteiger partial charge on any atom is 0.234 e. The quantitative estimate of drug-likeness (QED) is 0.693. The Labute approximate surface area is 119 Å². The third-order valence-electron chi connectivity index (χ3n) is 2.75. The first-order valence-corrected chi connectivity index (χ1v) is 7.85. The highest BCUT2D eigenvalue weighted by Crippen LogP contribution is 2.25. The number of thiazole rings is 1. The van der Waals surface area contributed by atoms with E-state index in [-0.39, 0.29) is 0 Å². The van der Waals surface area contributed by atoms with Crippen molar-refractivity contribution in [1.82, 2.24) is 19.4 Å². The van der Waals surface area contributed by atoms with Crippen LogP contribution >= 0.6 is 23.1 Å². The minimum Gasteiger partial charge on any atom is -0.288 e. The van der Waals surface area contributed by atoms with E-state index in [0.717, 1.165) is 38.6 Å². The second-order valence-corrected chi connectivity index (χ2v) is 6.57. The average Bonchev–Trinajstić information content (AvgIpc) is 2.92. The molecule has 0 aliphatic rings. The number of aryl methyl sites for hydroxylation is 3. The van der Waals surface area contributed by atoms with E-state index in [9.17, 15) is 0 Å². The molecular formula is C13H14N4S2. The van der Waals surface area contributed by atoms with Crippen molar-refractivity contribution in [3.8, 4) is 0 Å². The normalized spacial score (nSPS) is 11.3. The SMILES string of the molecule is Cc1csc(SCc2cn3c(C)cc(C)nc3n2)n1. The van der Waals surface area contributed by atoms with Gasteiger partial charge in [0.2, 0.25) is 5.78 Å². The fourth-order valence-electron chi connectivity index (χ4n) is 1.92. The Kier molecular flexibility index (Phi) is 3.28. The van der Waals surface area contributed by atoms with Gasteiger partial charge in [0.15, 0.2) is 0 Å². The van der Waals surface area contributed by atoms with Crippen LogP contribution in [-0.4, -0.2) is 19.4 Å². The van der Waals surface area contributed by atoms with Crippen molar-refractivity contribution in [2.75, 3.05) is 0 Å². The van der Waals surface area contributed by atoms with Crippen molar-refractivity contribution >= 4 is 28.9 Å². The minimum atomic E-state index is 0.781. The molecule has 0 aliphatic heterocycles. The van der Waals surface area contributed by atoms with Gasteiger partial charge in [0.1, 0.15) is 4.34 Å². The molecule has 6 heteroatoms. The van der Waals surface area contributed by atoms with Gasteiger partial charge in [-0.05, 0) is 26.8 Å². The van der Waals surface area contributed by atoms with E-state index in [4.69, 9.17) is 0 Å². The summed E-state index contributed by atoms with van der Waals surface area (Å²) in [4.78, 5) is 13.5. The summed E-state index contributed by atoms with van der Waals surface area (Å²) in [5.41, 5.74) is 4.29. The van der Waals surface area contributed by atoms with Crippen molar-refractivity contribution in [2.24, 2.45) is 0 Å². The van der Waals surface area contributed by atoms with Crippen LogP contribution in [0.5, 0.6) is 0 Å². The number of hydrogen-bond acceptors (Lipinski definition) is 5. The van der Waals surface area contributed by atoms with Crippen LogP contribution < -0.4 is 0 Å². The summed E-state index contributed by atoms with van der Waals surface area (Å²) >= 11 is 3.41. The zero-order valence-corrected chi connectivity index (χ0v) is 12.7. The number of aromatic nitrogens is 4. The van der Waals surface area contributed by atoms with Gasteiger partial charge < -0.3 is 0 Å². The molecule has 0 amide bonds. The van der Waals surface area contributed by atoms with Crippen molar-refractivity contribution in [2.45, 2.75) is 30.9 Å². The fourth-order valence-corrected chi connectivity index (χ4v) is 3.66. The van der Waals surface area contributed by atoms with Crippen molar-refractivity contribution in [3.05, 3.63) is 40.4 Å². The zero-order chi connectivity index (χ0) is 13.4. The van der Waals surface area contributed by atoms with Gasteiger partial charge in [0, 0.05) is 34.4 Å². The van der Waals surface area contributed by atoms with Crippen LogP contribution in [0.3, 0.4) is 0 Å². The van der Waals surface area contributed by atoms with Crippen LogP contribution in [0.4, 0.5) is 0 Å². The van der Waals surface area contributed by atoms with Crippen LogP contribution in [0, 0.1) is 20.8 Å². The molecule has 98 valence electrons. The number of imidazole rings is 1. The van der Waals surface area contributed by atoms with Gasteiger partial charge in [0.05, 0.1) is 5.69 Å². The molecule has 3 heterocycles. The van der Waals surface area contributed by atoms with Crippen molar-refractivity contribution < 1.29 is 0 Å². The van der Waals surface area contributed by atoms with Gasteiger partial charge in [-0.1, -0.05) is 11.8 Å². The van der Waals surface area contributed by atoms with Gasteiger partial charge in [-0.25, -0.2) is 15.0 Å². The predicted octanol–water partition coefficient (Wildman–Crippen LogP) is 3.40. The molecule has 19 heavy (non-hydrogen) atoms. The zero-order valence-electron chi connectivity index (χ0n) is 11.0. The Bertz CT molecular complexity index is 729. The molecule has 0 N–H and O–H groups in total. The molecule has 3 aromatic heterocycles. The monoisotopic (exact) mass is 290 g/mol. The third kappa shape index (κ3) is 2.64. The maximum absolute atomic E-state index is 4.56. The molecule has 0 unspecified atom stereocenters. The van der Waals surface area contributed by atoms with Crippen molar-refractivity contribution in [3.63, 3.8) is 0 Å². The molecule has 0 spiro atoms. The fraction of sp³-hybridized carbons (Fsp3) is 0.308. The lowest BCUT2D eigenvalue weighted by molar-refractivity contribution is 1.01. The number of fused-ring (bicyclic) bond motifs is 1. The first-order chi connectivity index (χ1) is 9.11. The highest BCUT2D eigenvalue weighted by Gasteiger charge is 2.07. The number of thioether (sulfide) groups is 1. The standard InChI is InChI=1S/C13H14N4S2/c1-8-4-10(3)17-5-11(16-12(17)14-8)7-19-13-15-9(2)6-18-13/h4-6H,7H2,1-3H3. The maximum atomic E-state index is 4.56. The lowest BCUT2D eigenvalue weighted by Crippen LogP contribution is -1.94. The topological polar surface area (TPSA) is 43.1 Å². The molecule has 0 saturated carbocycles. The number of hydrogen-bond donors (Lipinski definition) is 0. The molecule has 0 saturated heterocycles. The Morgan fingerprint density at radius 3 is 2.74 bits per heavy atom. The molecule has 0 aliphatic carbocycles. The Morgan fingerprint density at radius 2 is 2.00 bits per heavy atom. The van der Waals surface area contributed by atoms with E-state index in [1.165, 1.54) is 0 Å². The summed E-state index contributed by atoms with van der Waals surface area (Å²) in [5.74, 6) is 1.61. The van der Waals surface area contributed by atoms with E-state index < -0.39 is 0 Å². The lowest BCUT2D eigenvalue weighted by Gasteiger charge is -1.98. The molecular weight excluding hydrogens is 276 g/mol. The van der Waals surface area contributed by atoms with Crippen LogP contribution in [0.1, 0.15) is 22.8 Å². The summed E-state index contributed by atoms with van der Waals surface area (Å²) in [6.45, 7) is 6.08. The lowest BCUT2D eigenvalue weighted by atomic mass is 10.3. The largest absolute Gasteiger partial charge is 0.288 e. The van der Waals surface area contributed by atoms with Crippen LogP contribution in [0.25, 0.3) is 5.78 Å². The average molecular weight is 290 g/mol. The van der Waals surface area contributed by atoms with E-state index in [0.29, 0.717) is 0 Å². The molecule has 0 fully saturated rings. The predicted molar refractivity (Wildman–Crippen MR) is 78.9 cm³/mol. The van der Waals surface area contributed by atoms with Crippen molar-refractivity contribution in [1.29, 1.82) is 0 Å². The highest BCUT2D eigenvalue weighted by atomic mass is 32.2. The van der Waals surface area contributed by atoms with E-state index in [2.05, 4.69) is 39.5 Å². The molecule has 0 bridgehead atoms. The second kappa shape index (κ2) is 4.94. The Morgan fingerprint density at radius 1 is 1.16 bits per heavy atom. The molecule has 3 aromatic rings. The molecule has 3 rings (SSSR count). The van der Waals surface area contributed by atoms with Crippen LogP contribution in [0.2, 0.25) is 0 Å². The smallest absolute Gasteiger partial charge is 0.234 e. The summed E-state index contributed by atoms with van der Waals surface area (Å²) < 4.78 is 3.13. The minimum absolute atomic E-state index is 0.781. The van der Waals surface area contributed by atoms with Gasteiger partial charge in [-0.15, -0.1) is 11.3 Å². The number of rotatable bonds is 3. The summed E-state index contributed by atoms with van der Waals surface area (Å²) in [6.07, 6.45) is 2.06. The molecule has 4 nitrogen and oxygen atoms in total. The Balaban J connectivity index is 1.83. The van der Waals surface area contributed by atoms with Crippen LogP contribution in [-0.2, 0) is 5.75 Å². The van der Waals surface area contributed by atoms with Gasteiger partial charge in [0.25, 0.3) is 0 Å². The number of nitrogens with zero attached hydrogens (tertiary/aromatic N) is 4. The van der Waals surface area contributed by atoms with Crippen LogP contribution in [0.15, 0.2) is 22.0 Å². The van der Waals surface area contributed by atoms with E-state index in [1.807, 2.05) is 18.2 Å². The van der Waals surface area contributed by atoms with Gasteiger partial charge >= 0.3 is 0 Å². The van der Waals surface area contributed by atoms with E-state index in [1.54, 1.807) is 23.1 Å². The summed E-state index contributed by atoms with van der Waals surface area (Å²) in [6, 6.07) is 2.07. The highest BCUT2D eigenvalue weighted by molar-refractivity contribution is 8.00. The summed E-state index contributed by atoms with van der Waals surface area (Å²) in [5, 5.41) is 2.07. The molecule has 0 radical (unpaired) electrons. The van der Waals surface area contributed by atoms with Gasteiger partial charge in [-0.3, -0.25) is 4.40 Å². The second-order valence-electron chi connectivity index (χ2n) is 4.48. The Hall–Kier alpha value is -1.40. The first-order valence-electron chi connectivity index (χ1n) is 5.99. The summed E-state index contributed by atoms with van der Waals surface area (Å²) in [7, 11) is 0. The third-order valence-corrected chi connectivity index (χ3v) is 4.93. The van der Waals surface area contributed by atoms with Gasteiger partial charge in [-0.2, -0.15) is 0 Å².